The van der Waals surface area contributed by atoms with E-state index < -0.39 is 0 Å². The van der Waals surface area contributed by atoms with E-state index in [0.717, 1.165) is 55.0 Å². The highest BCUT2D eigenvalue weighted by Crippen LogP contribution is 2.38. The molecular formula is C26H32N4O4. The number of aromatic nitrogens is 1. The molecule has 4 rings (SSSR count). The number of aryl methyl sites for hydroxylation is 1. The number of carbonyl (C=O) groups is 1. The van der Waals surface area contributed by atoms with Crippen molar-refractivity contribution in [3.8, 4) is 17.2 Å². The number of piperazine rings is 1. The summed E-state index contributed by atoms with van der Waals surface area (Å²) >= 11 is 0. The molecule has 2 aromatic carbocycles. The second kappa shape index (κ2) is 10.2. The number of methoxy groups -OCH3 is 3. The van der Waals surface area contributed by atoms with E-state index in [4.69, 9.17) is 19.2 Å². The average molecular weight is 465 g/mol. The van der Waals surface area contributed by atoms with Gasteiger partial charge in [0, 0.05) is 42.8 Å². The fourth-order valence-electron chi connectivity index (χ4n) is 4.32. The number of hydrogen-bond acceptors (Lipinski definition) is 7. The van der Waals surface area contributed by atoms with Gasteiger partial charge in [-0.15, -0.1) is 0 Å². The summed E-state index contributed by atoms with van der Waals surface area (Å²) in [5.74, 6) is 2.04. The highest BCUT2D eigenvalue weighted by atomic mass is 16.5. The Hall–Kier alpha value is -3.52. The van der Waals surface area contributed by atoms with Gasteiger partial charge in [0.25, 0.3) is 5.91 Å². The SMILES string of the molecule is CCN1CCN(c2cc(C)c3cc(NC(=O)c4cc(OC)c(OC)c(OC)c4)ccc3n2)CC1. The van der Waals surface area contributed by atoms with E-state index in [0.29, 0.717) is 28.5 Å². The number of fused-ring (bicyclic) bond motifs is 1. The van der Waals surface area contributed by atoms with Gasteiger partial charge in [-0.05, 0) is 55.4 Å². The molecule has 0 spiro atoms. The minimum Gasteiger partial charge on any atom is -0.493 e. The fraction of sp³-hybridized carbons (Fsp3) is 0.385. The van der Waals surface area contributed by atoms with Crippen molar-refractivity contribution in [2.45, 2.75) is 13.8 Å². The predicted octanol–water partition coefficient (Wildman–Crippen LogP) is 3.96. The molecule has 0 unspecified atom stereocenters. The molecule has 1 N–H and O–H groups in total. The van der Waals surface area contributed by atoms with E-state index in [2.05, 4.69) is 35.0 Å². The predicted molar refractivity (Wildman–Crippen MR) is 135 cm³/mol. The van der Waals surface area contributed by atoms with Crippen molar-refractivity contribution in [1.29, 1.82) is 0 Å². The zero-order valence-corrected chi connectivity index (χ0v) is 20.5. The summed E-state index contributed by atoms with van der Waals surface area (Å²) in [5, 5.41) is 3.99. The maximum absolute atomic E-state index is 13.0. The summed E-state index contributed by atoms with van der Waals surface area (Å²) < 4.78 is 16.1. The van der Waals surface area contributed by atoms with Crippen molar-refractivity contribution in [2.75, 3.05) is 64.3 Å². The Morgan fingerprint density at radius 1 is 0.971 bits per heavy atom. The molecule has 1 fully saturated rings. The van der Waals surface area contributed by atoms with Crippen molar-refractivity contribution in [1.82, 2.24) is 9.88 Å². The summed E-state index contributed by atoms with van der Waals surface area (Å²) in [4.78, 5) is 22.7. The molecule has 1 aliphatic rings. The van der Waals surface area contributed by atoms with Gasteiger partial charge in [0.2, 0.25) is 5.75 Å². The number of carbonyl (C=O) groups excluding carboxylic acids is 1. The average Bonchev–Trinajstić information content (AvgIpc) is 2.87. The van der Waals surface area contributed by atoms with Gasteiger partial charge in [0.15, 0.2) is 11.5 Å². The van der Waals surface area contributed by atoms with Crippen LogP contribution >= 0.6 is 0 Å². The number of hydrogen-bond donors (Lipinski definition) is 1. The molecule has 1 aliphatic heterocycles. The van der Waals surface area contributed by atoms with Crippen LogP contribution in [0.4, 0.5) is 11.5 Å². The molecule has 1 aromatic heterocycles. The molecule has 0 aliphatic carbocycles. The van der Waals surface area contributed by atoms with Crippen LogP contribution in [0.3, 0.4) is 0 Å². The first-order valence-electron chi connectivity index (χ1n) is 11.5. The fourth-order valence-corrected chi connectivity index (χ4v) is 4.32. The number of ether oxygens (including phenoxy) is 3. The van der Waals surface area contributed by atoms with Crippen molar-refractivity contribution in [3.63, 3.8) is 0 Å². The van der Waals surface area contributed by atoms with E-state index in [1.54, 1.807) is 12.1 Å². The lowest BCUT2D eigenvalue weighted by atomic mass is 10.1. The van der Waals surface area contributed by atoms with Crippen LogP contribution in [0.25, 0.3) is 10.9 Å². The monoisotopic (exact) mass is 464 g/mol. The van der Waals surface area contributed by atoms with E-state index in [1.807, 2.05) is 18.2 Å². The van der Waals surface area contributed by atoms with Gasteiger partial charge in [-0.2, -0.15) is 0 Å². The zero-order valence-electron chi connectivity index (χ0n) is 20.5. The van der Waals surface area contributed by atoms with Crippen LogP contribution in [0.5, 0.6) is 17.2 Å². The smallest absolute Gasteiger partial charge is 0.255 e. The van der Waals surface area contributed by atoms with E-state index in [9.17, 15) is 4.79 Å². The standard InChI is InChI=1S/C26H32N4O4/c1-6-29-9-11-30(12-10-29)24-13-17(2)20-16-19(7-8-21(20)28-24)27-26(31)18-14-22(32-3)25(34-5)23(15-18)33-4/h7-8,13-16H,6,9-12H2,1-5H3,(H,27,31). The van der Waals surface area contributed by atoms with E-state index >= 15 is 0 Å². The Morgan fingerprint density at radius 2 is 1.65 bits per heavy atom. The first-order chi connectivity index (χ1) is 16.5. The number of anilines is 2. The Balaban J connectivity index is 1.56. The van der Waals surface area contributed by atoms with Gasteiger partial charge in [-0.1, -0.05) is 6.92 Å². The van der Waals surface area contributed by atoms with E-state index in [1.165, 1.54) is 21.3 Å². The molecule has 8 heteroatoms. The molecule has 180 valence electrons. The summed E-state index contributed by atoms with van der Waals surface area (Å²) in [7, 11) is 4.58. The van der Waals surface area contributed by atoms with Gasteiger partial charge < -0.3 is 29.3 Å². The molecule has 34 heavy (non-hydrogen) atoms. The van der Waals surface area contributed by atoms with Crippen molar-refractivity contribution >= 4 is 28.3 Å². The zero-order chi connectivity index (χ0) is 24.2. The van der Waals surface area contributed by atoms with Gasteiger partial charge in [-0.25, -0.2) is 4.98 Å². The third-order valence-corrected chi connectivity index (χ3v) is 6.33. The highest BCUT2D eigenvalue weighted by Gasteiger charge is 2.19. The first-order valence-corrected chi connectivity index (χ1v) is 11.5. The molecule has 0 saturated carbocycles. The summed E-state index contributed by atoms with van der Waals surface area (Å²) in [6.45, 7) is 9.45. The quantitative estimate of drug-likeness (QED) is 0.567. The third-order valence-electron chi connectivity index (χ3n) is 6.33. The molecule has 2 heterocycles. The van der Waals surface area contributed by atoms with Crippen LogP contribution < -0.4 is 24.4 Å². The maximum atomic E-state index is 13.0. The molecule has 1 amide bonds. The second-order valence-corrected chi connectivity index (χ2v) is 8.32. The number of benzene rings is 2. The van der Waals surface area contributed by atoms with Crippen molar-refractivity contribution in [2.24, 2.45) is 0 Å². The second-order valence-electron chi connectivity index (χ2n) is 8.32. The lowest BCUT2D eigenvalue weighted by Gasteiger charge is -2.35. The number of nitrogens with one attached hydrogen (secondary N) is 1. The molecule has 3 aromatic rings. The molecule has 8 nitrogen and oxygen atoms in total. The topological polar surface area (TPSA) is 76.2 Å². The summed E-state index contributed by atoms with van der Waals surface area (Å²) in [6, 6.07) is 11.2. The minimum atomic E-state index is -0.269. The number of nitrogens with zero attached hydrogens (tertiary/aromatic N) is 3. The van der Waals surface area contributed by atoms with Crippen molar-refractivity contribution in [3.05, 3.63) is 47.5 Å². The molecular weight excluding hydrogens is 432 g/mol. The lowest BCUT2D eigenvalue weighted by molar-refractivity contribution is 0.102. The van der Waals surface area contributed by atoms with Crippen LogP contribution in [0.2, 0.25) is 0 Å². The Bertz CT molecular complexity index is 1160. The van der Waals surface area contributed by atoms with Gasteiger partial charge in [-0.3, -0.25) is 4.79 Å². The largest absolute Gasteiger partial charge is 0.493 e. The van der Waals surface area contributed by atoms with Crippen molar-refractivity contribution < 1.29 is 19.0 Å². The highest BCUT2D eigenvalue weighted by molar-refractivity contribution is 6.06. The summed E-state index contributed by atoms with van der Waals surface area (Å²) in [6.07, 6.45) is 0. The van der Waals surface area contributed by atoms with Crippen LogP contribution in [0.15, 0.2) is 36.4 Å². The number of pyridine rings is 1. The minimum absolute atomic E-state index is 0.269. The lowest BCUT2D eigenvalue weighted by Crippen LogP contribution is -2.46. The Morgan fingerprint density at radius 3 is 2.24 bits per heavy atom. The molecule has 0 atom stereocenters. The van der Waals surface area contributed by atoms with Gasteiger partial charge in [0.1, 0.15) is 5.82 Å². The Labute approximate surface area is 200 Å². The molecule has 0 bridgehead atoms. The first kappa shape index (κ1) is 23.6. The van der Waals surface area contributed by atoms with E-state index in [-0.39, 0.29) is 5.91 Å². The third kappa shape index (κ3) is 4.72. The van der Waals surface area contributed by atoms with Gasteiger partial charge >= 0.3 is 0 Å². The van der Waals surface area contributed by atoms with Gasteiger partial charge in [0.05, 0.1) is 26.8 Å². The van der Waals surface area contributed by atoms with Crippen LogP contribution in [0, 0.1) is 6.92 Å². The number of likely N-dealkylation sites (N-methyl/N-ethyl adjacent to an activating group) is 1. The van der Waals surface area contributed by atoms with Crippen LogP contribution in [-0.2, 0) is 0 Å². The van der Waals surface area contributed by atoms with Crippen LogP contribution in [0.1, 0.15) is 22.8 Å². The maximum Gasteiger partial charge on any atom is 0.255 e. The molecule has 1 saturated heterocycles. The number of amides is 1. The summed E-state index contributed by atoms with van der Waals surface area (Å²) in [5.41, 5.74) is 3.15. The Kier molecular flexibility index (Phi) is 7.07. The normalized spacial score (nSPS) is 14.2. The molecule has 0 radical (unpaired) electrons. The number of rotatable bonds is 7. The van der Waals surface area contributed by atoms with Crippen LogP contribution in [-0.4, -0.2) is 69.8 Å².